The number of nitrogen functional groups attached to an aromatic ring is 1. The van der Waals surface area contributed by atoms with E-state index in [1.165, 1.54) is 0 Å². The lowest BCUT2D eigenvalue weighted by molar-refractivity contribution is 0.102. The van der Waals surface area contributed by atoms with Gasteiger partial charge >= 0.3 is 0 Å². The number of hydrogen-bond acceptors (Lipinski definition) is 3. The first-order valence-electron chi connectivity index (χ1n) is 6.12. The fraction of sp³-hybridized carbons (Fsp3) is 0.133. The predicted octanol–water partition coefficient (Wildman–Crippen LogP) is 3.34. The molecule has 0 fully saturated rings. The van der Waals surface area contributed by atoms with E-state index in [-0.39, 0.29) is 5.91 Å². The molecule has 0 aliphatic rings. The molecule has 0 radical (unpaired) electrons. The summed E-state index contributed by atoms with van der Waals surface area (Å²) in [4.78, 5) is 12.1. The van der Waals surface area contributed by atoms with E-state index in [2.05, 4.69) is 21.2 Å². The number of aliphatic hydroxyl groups is 1. The van der Waals surface area contributed by atoms with Crippen molar-refractivity contribution < 1.29 is 9.90 Å². The number of aliphatic hydroxyl groups excluding tert-OH is 1. The van der Waals surface area contributed by atoms with Gasteiger partial charge in [-0.2, -0.15) is 0 Å². The number of halogens is 1. The Bertz CT molecular complexity index is 624. The van der Waals surface area contributed by atoms with Crippen LogP contribution in [0.25, 0.3) is 0 Å². The van der Waals surface area contributed by atoms with Crippen molar-refractivity contribution in [3.8, 4) is 0 Å². The second-order valence-corrected chi connectivity index (χ2v) is 5.34. The Hall–Kier alpha value is -1.85. The molecule has 0 heterocycles. The van der Waals surface area contributed by atoms with E-state index in [0.717, 1.165) is 10.0 Å². The minimum Gasteiger partial charge on any atom is -0.398 e. The highest BCUT2D eigenvalue weighted by atomic mass is 79.9. The summed E-state index contributed by atoms with van der Waals surface area (Å²) in [6.45, 7) is 1.69. The fourth-order valence-electron chi connectivity index (χ4n) is 1.73. The second-order valence-electron chi connectivity index (χ2n) is 4.49. The summed E-state index contributed by atoms with van der Waals surface area (Å²) in [6, 6.07) is 12.1. The molecule has 0 bridgehead atoms. The van der Waals surface area contributed by atoms with E-state index in [1.54, 1.807) is 49.4 Å². The minimum absolute atomic E-state index is 0.228. The van der Waals surface area contributed by atoms with Gasteiger partial charge in [-0.3, -0.25) is 4.79 Å². The molecule has 0 spiro atoms. The third-order valence-corrected chi connectivity index (χ3v) is 3.63. The molecule has 1 unspecified atom stereocenters. The van der Waals surface area contributed by atoms with E-state index < -0.39 is 6.10 Å². The molecule has 0 saturated heterocycles. The van der Waals surface area contributed by atoms with Crippen molar-refractivity contribution in [3.05, 3.63) is 58.1 Å². The summed E-state index contributed by atoms with van der Waals surface area (Å²) >= 11 is 3.29. The number of carbonyl (C=O) groups is 1. The highest BCUT2D eigenvalue weighted by molar-refractivity contribution is 9.10. The molecule has 1 amide bonds. The first kappa shape index (κ1) is 14.6. The van der Waals surface area contributed by atoms with Crippen LogP contribution in [0.1, 0.15) is 28.9 Å². The number of hydrogen-bond donors (Lipinski definition) is 3. The van der Waals surface area contributed by atoms with Gasteiger partial charge in [-0.05, 0) is 58.7 Å². The standard InChI is InChI=1S/C15H15BrN2O2/c1-9(19)10-2-5-12(6-3-10)18-15(20)11-4-7-13(16)14(17)8-11/h2-9,19H,17H2,1H3,(H,18,20). The van der Waals surface area contributed by atoms with Crippen LogP contribution in [-0.2, 0) is 0 Å². The zero-order valence-corrected chi connectivity index (χ0v) is 12.5. The maximum absolute atomic E-state index is 12.1. The third-order valence-electron chi connectivity index (χ3n) is 2.91. The van der Waals surface area contributed by atoms with Crippen molar-refractivity contribution in [2.24, 2.45) is 0 Å². The van der Waals surface area contributed by atoms with Crippen LogP contribution < -0.4 is 11.1 Å². The van der Waals surface area contributed by atoms with E-state index >= 15 is 0 Å². The predicted molar refractivity (Wildman–Crippen MR) is 83.6 cm³/mol. The zero-order chi connectivity index (χ0) is 14.7. The van der Waals surface area contributed by atoms with Gasteiger partial charge in [-0.1, -0.05) is 12.1 Å². The van der Waals surface area contributed by atoms with Crippen LogP contribution in [-0.4, -0.2) is 11.0 Å². The highest BCUT2D eigenvalue weighted by Gasteiger charge is 2.08. The fourth-order valence-corrected chi connectivity index (χ4v) is 1.98. The monoisotopic (exact) mass is 334 g/mol. The van der Waals surface area contributed by atoms with Crippen LogP contribution >= 0.6 is 15.9 Å². The topological polar surface area (TPSA) is 75.3 Å². The van der Waals surface area contributed by atoms with Gasteiger partial charge < -0.3 is 16.2 Å². The molecule has 0 aliphatic heterocycles. The quantitative estimate of drug-likeness (QED) is 0.753. The van der Waals surface area contributed by atoms with Gasteiger partial charge in [0.15, 0.2) is 0 Å². The number of nitrogens with two attached hydrogens (primary N) is 1. The Morgan fingerprint density at radius 2 is 1.90 bits per heavy atom. The van der Waals surface area contributed by atoms with Crippen molar-refractivity contribution in [1.82, 2.24) is 0 Å². The molecule has 2 rings (SSSR count). The molecule has 2 aromatic carbocycles. The van der Waals surface area contributed by atoms with E-state index in [4.69, 9.17) is 5.73 Å². The third kappa shape index (κ3) is 3.37. The molecule has 0 aliphatic carbocycles. The van der Waals surface area contributed by atoms with Crippen LogP contribution in [0.2, 0.25) is 0 Å². The Balaban J connectivity index is 2.12. The molecular formula is C15H15BrN2O2. The van der Waals surface area contributed by atoms with Crippen molar-refractivity contribution in [1.29, 1.82) is 0 Å². The number of benzene rings is 2. The van der Waals surface area contributed by atoms with E-state index in [1.807, 2.05) is 0 Å². The molecule has 104 valence electrons. The van der Waals surface area contributed by atoms with E-state index in [0.29, 0.717) is 16.9 Å². The van der Waals surface area contributed by atoms with Crippen LogP contribution in [0.15, 0.2) is 46.9 Å². The summed E-state index contributed by atoms with van der Waals surface area (Å²) < 4.78 is 0.760. The number of rotatable bonds is 3. The van der Waals surface area contributed by atoms with Gasteiger partial charge in [-0.15, -0.1) is 0 Å². The summed E-state index contributed by atoms with van der Waals surface area (Å²) in [6.07, 6.45) is -0.522. The summed E-state index contributed by atoms with van der Waals surface area (Å²) in [5.74, 6) is -0.228. The van der Waals surface area contributed by atoms with Crippen molar-refractivity contribution in [2.45, 2.75) is 13.0 Å². The van der Waals surface area contributed by atoms with Gasteiger partial charge in [0, 0.05) is 21.4 Å². The molecule has 0 aromatic heterocycles. The second kappa shape index (κ2) is 6.07. The Morgan fingerprint density at radius 3 is 2.45 bits per heavy atom. The van der Waals surface area contributed by atoms with Gasteiger partial charge in [0.1, 0.15) is 0 Å². The van der Waals surface area contributed by atoms with Gasteiger partial charge in [0.25, 0.3) is 5.91 Å². The summed E-state index contributed by atoms with van der Waals surface area (Å²) in [5, 5.41) is 12.2. The number of nitrogens with one attached hydrogen (secondary N) is 1. The Kier molecular flexibility index (Phi) is 4.42. The lowest BCUT2D eigenvalue weighted by atomic mass is 10.1. The van der Waals surface area contributed by atoms with Gasteiger partial charge in [0.2, 0.25) is 0 Å². The number of anilines is 2. The van der Waals surface area contributed by atoms with Crippen molar-refractivity contribution >= 4 is 33.2 Å². The smallest absolute Gasteiger partial charge is 0.255 e. The maximum Gasteiger partial charge on any atom is 0.255 e. The van der Waals surface area contributed by atoms with Crippen LogP contribution in [0, 0.1) is 0 Å². The van der Waals surface area contributed by atoms with Crippen LogP contribution in [0.3, 0.4) is 0 Å². The molecule has 4 nitrogen and oxygen atoms in total. The summed E-state index contributed by atoms with van der Waals surface area (Å²) in [5.41, 5.74) is 8.23. The molecule has 4 N–H and O–H groups in total. The Morgan fingerprint density at radius 1 is 1.25 bits per heavy atom. The average Bonchev–Trinajstić information content (AvgIpc) is 2.42. The van der Waals surface area contributed by atoms with Crippen LogP contribution in [0.4, 0.5) is 11.4 Å². The average molecular weight is 335 g/mol. The van der Waals surface area contributed by atoms with Gasteiger partial charge in [-0.25, -0.2) is 0 Å². The minimum atomic E-state index is -0.522. The number of carbonyl (C=O) groups excluding carboxylic acids is 1. The first-order valence-corrected chi connectivity index (χ1v) is 6.91. The van der Waals surface area contributed by atoms with Gasteiger partial charge in [0.05, 0.1) is 6.10 Å². The molecule has 2 aromatic rings. The first-order chi connectivity index (χ1) is 9.47. The molecule has 1 atom stereocenters. The number of amides is 1. The lowest BCUT2D eigenvalue weighted by Crippen LogP contribution is -2.12. The van der Waals surface area contributed by atoms with Crippen molar-refractivity contribution in [2.75, 3.05) is 11.1 Å². The van der Waals surface area contributed by atoms with Crippen molar-refractivity contribution in [3.63, 3.8) is 0 Å². The zero-order valence-electron chi connectivity index (χ0n) is 10.9. The SMILES string of the molecule is CC(O)c1ccc(NC(=O)c2ccc(Br)c(N)c2)cc1. The molecule has 0 saturated carbocycles. The highest BCUT2D eigenvalue weighted by Crippen LogP contribution is 2.21. The maximum atomic E-state index is 12.1. The lowest BCUT2D eigenvalue weighted by Gasteiger charge is -2.09. The Labute approximate surface area is 125 Å². The van der Waals surface area contributed by atoms with Crippen LogP contribution in [0.5, 0.6) is 0 Å². The van der Waals surface area contributed by atoms with E-state index in [9.17, 15) is 9.90 Å². The molecular weight excluding hydrogens is 320 g/mol. The summed E-state index contributed by atoms with van der Waals surface area (Å²) in [7, 11) is 0. The molecule has 5 heteroatoms. The normalized spacial score (nSPS) is 11.9. The molecule has 20 heavy (non-hydrogen) atoms. The largest absolute Gasteiger partial charge is 0.398 e.